The van der Waals surface area contributed by atoms with Crippen LogP contribution in [0.1, 0.15) is 24.0 Å². The van der Waals surface area contributed by atoms with Crippen LogP contribution < -0.4 is 20.1 Å². The largest absolute Gasteiger partial charge is 0.493 e. The van der Waals surface area contributed by atoms with Crippen LogP contribution in [-0.2, 0) is 17.9 Å². The SMILES string of the molecule is COc1cc(CNC(=O)C2CCCN2)ccc1OCc1cccnc1.Cl.Cl. The monoisotopic (exact) mass is 413 g/mol. The molecule has 27 heavy (non-hydrogen) atoms. The highest BCUT2D eigenvalue weighted by Crippen LogP contribution is 2.28. The third-order valence-corrected chi connectivity index (χ3v) is 4.19. The van der Waals surface area contributed by atoms with E-state index in [9.17, 15) is 4.79 Å². The van der Waals surface area contributed by atoms with Crippen molar-refractivity contribution in [3.8, 4) is 11.5 Å². The molecule has 0 radical (unpaired) electrons. The standard InChI is InChI=1S/C19H23N3O3.2ClH/c1-24-18-10-14(12-22-19(23)16-5-3-9-21-16)6-7-17(18)25-13-15-4-2-8-20-11-15;;/h2,4,6-8,10-11,16,21H,3,5,9,12-13H2,1H3,(H,22,23);2*1H. The lowest BCUT2D eigenvalue weighted by atomic mass is 10.1. The number of benzene rings is 1. The van der Waals surface area contributed by atoms with Crippen molar-refractivity contribution < 1.29 is 14.3 Å². The van der Waals surface area contributed by atoms with Gasteiger partial charge in [-0.15, -0.1) is 24.8 Å². The van der Waals surface area contributed by atoms with Gasteiger partial charge in [-0.2, -0.15) is 0 Å². The predicted octanol–water partition coefficient (Wildman–Crippen LogP) is 2.88. The first-order valence-electron chi connectivity index (χ1n) is 8.46. The summed E-state index contributed by atoms with van der Waals surface area (Å²) in [5.74, 6) is 1.36. The van der Waals surface area contributed by atoms with E-state index in [0.29, 0.717) is 24.7 Å². The van der Waals surface area contributed by atoms with Crippen molar-refractivity contribution in [2.75, 3.05) is 13.7 Å². The van der Waals surface area contributed by atoms with Crippen LogP contribution in [0.25, 0.3) is 0 Å². The number of carbonyl (C=O) groups is 1. The molecule has 3 rings (SSSR count). The maximum atomic E-state index is 12.1. The molecule has 2 aromatic rings. The molecule has 8 heteroatoms. The summed E-state index contributed by atoms with van der Waals surface area (Å²) in [6.07, 6.45) is 5.45. The zero-order valence-electron chi connectivity index (χ0n) is 15.1. The third-order valence-electron chi connectivity index (χ3n) is 4.19. The number of amides is 1. The molecule has 1 saturated heterocycles. The van der Waals surface area contributed by atoms with Gasteiger partial charge in [-0.25, -0.2) is 0 Å². The predicted molar refractivity (Wildman–Crippen MR) is 109 cm³/mol. The molecule has 6 nitrogen and oxygen atoms in total. The second-order valence-corrected chi connectivity index (χ2v) is 6.00. The van der Waals surface area contributed by atoms with E-state index in [1.54, 1.807) is 19.5 Å². The van der Waals surface area contributed by atoms with E-state index in [2.05, 4.69) is 15.6 Å². The van der Waals surface area contributed by atoms with E-state index in [1.165, 1.54) is 0 Å². The van der Waals surface area contributed by atoms with Gasteiger partial charge in [0.05, 0.1) is 13.2 Å². The topological polar surface area (TPSA) is 72.5 Å². The van der Waals surface area contributed by atoms with Crippen molar-refractivity contribution in [2.45, 2.75) is 32.0 Å². The first-order chi connectivity index (χ1) is 12.3. The third kappa shape index (κ3) is 6.57. The van der Waals surface area contributed by atoms with Gasteiger partial charge >= 0.3 is 0 Å². The number of pyridine rings is 1. The molecule has 1 aromatic heterocycles. The summed E-state index contributed by atoms with van der Waals surface area (Å²) >= 11 is 0. The molecule has 2 N–H and O–H groups in total. The number of methoxy groups -OCH3 is 1. The summed E-state index contributed by atoms with van der Waals surface area (Å²) in [5.41, 5.74) is 1.96. The number of halogens is 2. The molecule has 148 valence electrons. The smallest absolute Gasteiger partial charge is 0.237 e. The van der Waals surface area contributed by atoms with Gasteiger partial charge in [0.15, 0.2) is 11.5 Å². The number of aromatic nitrogens is 1. The highest BCUT2D eigenvalue weighted by molar-refractivity contribution is 5.85. The van der Waals surface area contributed by atoms with Gasteiger partial charge in [-0.3, -0.25) is 9.78 Å². The van der Waals surface area contributed by atoms with Gasteiger partial charge in [0.25, 0.3) is 0 Å². The van der Waals surface area contributed by atoms with Gasteiger partial charge in [0.2, 0.25) is 5.91 Å². The Labute approximate surface area is 171 Å². The fourth-order valence-electron chi connectivity index (χ4n) is 2.81. The Balaban J connectivity index is 0.00000182. The molecule has 1 amide bonds. The molecular formula is C19H25Cl2N3O3. The van der Waals surface area contributed by atoms with Crippen molar-refractivity contribution >= 4 is 30.7 Å². The normalized spacial score (nSPS) is 15.2. The van der Waals surface area contributed by atoms with Crippen LogP contribution in [0.2, 0.25) is 0 Å². The van der Waals surface area contributed by atoms with E-state index in [1.807, 2.05) is 30.3 Å². The Kier molecular flexibility index (Phi) is 9.93. The molecule has 0 aliphatic carbocycles. The Hall–Kier alpha value is -2.02. The van der Waals surface area contributed by atoms with E-state index < -0.39 is 0 Å². The highest BCUT2D eigenvalue weighted by Gasteiger charge is 2.21. The Morgan fingerprint density at radius 3 is 2.78 bits per heavy atom. The molecule has 0 spiro atoms. The fraction of sp³-hybridized carbons (Fsp3) is 0.368. The number of ether oxygens (including phenoxy) is 2. The Morgan fingerprint density at radius 2 is 2.11 bits per heavy atom. The van der Waals surface area contributed by atoms with Crippen LogP contribution in [0.15, 0.2) is 42.7 Å². The first kappa shape index (κ1) is 23.0. The van der Waals surface area contributed by atoms with Crippen LogP contribution in [0.3, 0.4) is 0 Å². The number of nitrogens with one attached hydrogen (secondary N) is 2. The van der Waals surface area contributed by atoms with Crippen molar-refractivity contribution in [2.24, 2.45) is 0 Å². The number of rotatable bonds is 7. The molecule has 0 saturated carbocycles. The number of nitrogens with zero attached hydrogens (tertiary/aromatic N) is 1. The van der Waals surface area contributed by atoms with E-state index in [4.69, 9.17) is 9.47 Å². The zero-order valence-corrected chi connectivity index (χ0v) is 16.8. The van der Waals surface area contributed by atoms with Crippen LogP contribution in [0, 0.1) is 0 Å². The number of hydrogen-bond acceptors (Lipinski definition) is 5. The van der Waals surface area contributed by atoms with Crippen molar-refractivity contribution in [3.63, 3.8) is 0 Å². The molecule has 1 aromatic carbocycles. The minimum absolute atomic E-state index is 0. The molecule has 1 aliphatic rings. The van der Waals surface area contributed by atoms with Crippen LogP contribution in [0.4, 0.5) is 0 Å². The maximum Gasteiger partial charge on any atom is 0.237 e. The molecule has 1 fully saturated rings. The molecule has 1 atom stereocenters. The average molecular weight is 414 g/mol. The molecular weight excluding hydrogens is 389 g/mol. The highest BCUT2D eigenvalue weighted by atomic mass is 35.5. The number of carbonyl (C=O) groups excluding carboxylic acids is 1. The summed E-state index contributed by atoms with van der Waals surface area (Å²) in [4.78, 5) is 16.1. The summed E-state index contributed by atoms with van der Waals surface area (Å²) < 4.78 is 11.2. The summed E-state index contributed by atoms with van der Waals surface area (Å²) in [6.45, 7) is 1.80. The Morgan fingerprint density at radius 1 is 1.26 bits per heavy atom. The van der Waals surface area contributed by atoms with E-state index in [0.717, 1.165) is 30.5 Å². The van der Waals surface area contributed by atoms with Crippen molar-refractivity contribution in [1.82, 2.24) is 15.6 Å². The maximum absolute atomic E-state index is 12.1. The summed E-state index contributed by atoms with van der Waals surface area (Å²) in [5, 5.41) is 6.16. The van der Waals surface area contributed by atoms with Gasteiger partial charge in [-0.1, -0.05) is 12.1 Å². The quantitative estimate of drug-likeness (QED) is 0.729. The lowest BCUT2D eigenvalue weighted by Gasteiger charge is -2.14. The van der Waals surface area contributed by atoms with Crippen molar-refractivity contribution in [3.05, 3.63) is 53.9 Å². The van der Waals surface area contributed by atoms with Gasteiger partial charge in [-0.05, 0) is 43.1 Å². The fourth-order valence-corrected chi connectivity index (χ4v) is 2.81. The molecule has 0 bridgehead atoms. The van der Waals surface area contributed by atoms with Gasteiger partial charge < -0.3 is 20.1 Å². The summed E-state index contributed by atoms with van der Waals surface area (Å²) in [6, 6.07) is 9.46. The second-order valence-electron chi connectivity index (χ2n) is 6.00. The van der Waals surface area contributed by atoms with Crippen molar-refractivity contribution in [1.29, 1.82) is 0 Å². The van der Waals surface area contributed by atoms with Crippen LogP contribution in [-0.4, -0.2) is 30.6 Å². The Bertz CT molecular complexity index is 711. The van der Waals surface area contributed by atoms with Crippen LogP contribution >= 0.6 is 24.8 Å². The minimum atomic E-state index is -0.0658. The lowest BCUT2D eigenvalue weighted by Crippen LogP contribution is -2.39. The molecule has 2 heterocycles. The number of hydrogen-bond donors (Lipinski definition) is 2. The summed E-state index contributed by atoms with van der Waals surface area (Å²) in [7, 11) is 1.61. The van der Waals surface area contributed by atoms with Crippen LogP contribution in [0.5, 0.6) is 11.5 Å². The second kappa shape index (κ2) is 11.6. The van der Waals surface area contributed by atoms with E-state index in [-0.39, 0.29) is 36.8 Å². The minimum Gasteiger partial charge on any atom is -0.493 e. The lowest BCUT2D eigenvalue weighted by molar-refractivity contribution is -0.122. The van der Waals surface area contributed by atoms with E-state index >= 15 is 0 Å². The zero-order chi connectivity index (χ0) is 17.5. The average Bonchev–Trinajstić information content (AvgIpc) is 3.20. The first-order valence-corrected chi connectivity index (χ1v) is 8.46. The van der Waals surface area contributed by atoms with Gasteiger partial charge in [0.1, 0.15) is 6.61 Å². The molecule has 1 unspecified atom stereocenters. The molecule has 1 aliphatic heterocycles. The van der Waals surface area contributed by atoms with Gasteiger partial charge in [0, 0.05) is 24.5 Å².